The molecule has 0 fully saturated rings. The van der Waals surface area contributed by atoms with Crippen LogP contribution in [0.2, 0.25) is 5.02 Å². The molecular formula is C17H16ClNO3S. The molecule has 2 rings (SSSR count). The minimum atomic E-state index is -0.942. The van der Waals surface area contributed by atoms with E-state index < -0.39 is 18.0 Å². The smallest absolute Gasteiger partial charge is 0.338 e. The number of rotatable bonds is 6. The molecule has 23 heavy (non-hydrogen) atoms. The van der Waals surface area contributed by atoms with E-state index in [9.17, 15) is 9.59 Å². The fourth-order valence-electron chi connectivity index (χ4n) is 1.72. The summed E-state index contributed by atoms with van der Waals surface area (Å²) < 4.78 is 4.95. The van der Waals surface area contributed by atoms with E-state index in [1.54, 1.807) is 23.9 Å². The van der Waals surface area contributed by atoms with Crippen molar-refractivity contribution in [3.8, 4) is 0 Å². The van der Waals surface area contributed by atoms with Crippen LogP contribution in [0.25, 0.3) is 0 Å². The Morgan fingerprint density at radius 3 is 2.30 bits per heavy atom. The monoisotopic (exact) mass is 349 g/mol. The Labute approximate surface area is 144 Å². The molecular weight excluding hydrogens is 334 g/mol. The Morgan fingerprint density at radius 1 is 1.13 bits per heavy atom. The Balaban J connectivity index is 1.92. The first kappa shape index (κ1) is 17.4. The van der Waals surface area contributed by atoms with Gasteiger partial charge in [-0.15, -0.1) is 11.8 Å². The van der Waals surface area contributed by atoms with Crippen LogP contribution in [0.15, 0.2) is 53.4 Å². The first-order valence-electron chi connectivity index (χ1n) is 6.93. The van der Waals surface area contributed by atoms with Crippen LogP contribution in [0.5, 0.6) is 0 Å². The largest absolute Gasteiger partial charge is 0.449 e. The van der Waals surface area contributed by atoms with Crippen LogP contribution in [0.1, 0.15) is 22.8 Å². The lowest BCUT2D eigenvalue weighted by atomic mass is 10.1. The van der Waals surface area contributed by atoms with Crippen molar-refractivity contribution in [2.45, 2.75) is 23.7 Å². The van der Waals surface area contributed by atoms with Gasteiger partial charge in [0, 0.05) is 15.7 Å². The van der Waals surface area contributed by atoms with Gasteiger partial charge < -0.3 is 10.5 Å². The molecule has 0 saturated heterocycles. The highest BCUT2D eigenvalue weighted by Crippen LogP contribution is 2.24. The third kappa shape index (κ3) is 5.30. The highest BCUT2D eigenvalue weighted by Gasteiger charge is 2.15. The summed E-state index contributed by atoms with van der Waals surface area (Å²) in [4.78, 5) is 23.8. The van der Waals surface area contributed by atoms with Gasteiger partial charge >= 0.3 is 5.97 Å². The molecule has 1 amide bonds. The maximum atomic E-state index is 11.8. The molecule has 0 spiro atoms. The second-order valence-corrected chi connectivity index (χ2v) is 6.37. The number of hydrogen-bond acceptors (Lipinski definition) is 4. The van der Waals surface area contributed by atoms with Crippen molar-refractivity contribution < 1.29 is 14.3 Å². The molecule has 1 atom stereocenters. The van der Waals surface area contributed by atoms with Crippen LogP contribution in [0, 0.1) is 0 Å². The Bertz CT molecular complexity index is 686. The molecule has 2 aromatic rings. The molecule has 0 aliphatic rings. The second-order valence-electron chi connectivity index (χ2n) is 4.89. The summed E-state index contributed by atoms with van der Waals surface area (Å²) >= 11 is 7.52. The molecule has 0 unspecified atom stereocenters. The first-order valence-corrected chi connectivity index (χ1v) is 8.29. The van der Waals surface area contributed by atoms with Crippen LogP contribution >= 0.6 is 23.4 Å². The number of thioether (sulfide) groups is 1. The average Bonchev–Trinajstić information content (AvgIpc) is 2.54. The van der Waals surface area contributed by atoms with Crippen molar-refractivity contribution in [1.29, 1.82) is 0 Å². The van der Waals surface area contributed by atoms with Gasteiger partial charge in [-0.25, -0.2) is 4.79 Å². The van der Waals surface area contributed by atoms with Gasteiger partial charge in [-0.1, -0.05) is 23.7 Å². The summed E-state index contributed by atoms with van der Waals surface area (Å²) in [5.74, 6) is -0.461. The number of ether oxygens (including phenoxy) is 1. The van der Waals surface area contributed by atoms with Crippen molar-refractivity contribution in [2.75, 3.05) is 0 Å². The summed E-state index contributed by atoms with van der Waals surface area (Å²) in [6.45, 7) is 1.44. The molecule has 6 heteroatoms. The van der Waals surface area contributed by atoms with E-state index in [0.29, 0.717) is 10.6 Å². The lowest BCUT2D eigenvalue weighted by Gasteiger charge is -2.09. The second kappa shape index (κ2) is 8.04. The zero-order valence-corrected chi connectivity index (χ0v) is 14.1. The third-order valence-electron chi connectivity index (χ3n) is 3.09. The zero-order valence-electron chi connectivity index (χ0n) is 12.5. The van der Waals surface area contributed by atoms with E-state index in [2.05, 4.69) is 0 Å². The predicted molar refractivity (Wildman–Crippen MR) is 91.5 cm³/mol. The number of benzene rings is 2. The minimum absolute atomic E-state index is 0.387. The number of nitrogens with two attached hydrogens (primary N) is 1. The van der Waals surface area contributed by atoms with E-state index >= 15 is 0 Å². The molecule has 120 valence electrons. The number of hydrogen-bond donors (Lipinski definition) is 1. The van der Waals surface area contributed by atoms with E-state index in [4.69, 9.17) is 22.1 Å². The highest BCUT2D eigenvalue weighted by molar-refractivity contribution is 7.98. The average molecular weight is 350 g/mol. The number of carbonyl (C=O) groups excluding carboxylic acids is 2. The predicted octanol–water partition coefficient (Wildman–Crippen LogP) is 3.66. The molecule has 0 saturated carbocycles. The third-order valence-corrected chi connectivity index (χ3v) is 4.43. The van der Waals surface area contributed by atoms with Crippen LogP contribution in [-0.2, 0) is 15.3 Å². The quantitative estimate of drug-likeness (QED) is 0.638. The fourth-order valence-corrected chi connectivity index (χ4v) is 2.70. The van der Waals surface area contributed by atoms with E-state index in [1.807, 2.05) is 36.4 Å². The number of primary amides is 1. The molecule has 0 heterocycles. The van der Waals surface area contributed by atoms with E-state index in [-0.39, 0.29) is 0 Å². The molecule has 4 nitrogen and oxygen atoms in total. The Morgan fingerprint density at radius 2 is 1.74 bits per heavy atom. The van der Waals surface area contributed by atoms with Gasteiger partial charge in [0.1, 0.15) is 0 Å². The highest BCUT2D eigenvalue weighted by atomic mass is 35.5. The van der Waals surface area contributed by atoms with Crippen LogP contribution in [-0.4, -0.2) is 18.0 Å². The number of halogens is 1. The van der Waals surface area contributed by atoms with Gasteiger partial charge in [0.25, 0.3) is 5.91 Å². The Hall–Kier alpha value is -1.98. The topological polar surface area (TPSA) is 69.4 Å². The zero-order chi connectivity index (χ0) is 16.8. The van der Waals surface area contributed by atoms with Crippen LogP contribution in [0.4, 0.5) is 0 Å². The van der Waals surface area contributed by atoms with Gasteiger partial charge in [-0.3, -0.25) is 4.79 Å². The van der Waals surface area contributed by atoms with Gasteiger partial charge in [-0.2, -0.15) is 0 Å². The van der Waals surface area contributed by atoms with Crippen molar-refractivity contribution in [3.05, 3.63) is 64.7 Å². The normalized spacial score (nSPS) is 11.7. The summed E-state index contributed by atoms with van der Waals surface area (Å²) in [5.41, 5.74) is 6.52. The van der Waals surface area contributed by atoms with Gasteiger partial charge in [0.2, 0.25) is 0 Å². The molecule has 2 N–H and O–H groups in total. The molecule has 0 aliphatic heterocycles. The first-order chi connectivity index (χ1) is 11.0. The molecule has 0 bridgehead atoms. The van der Waals surface area contributed by atoms with E-state index in [0.717, 1.165) is 16.2 Å². The molecule has 0 radical (unpaired) electrons. The summed E-state index contributed by atoms with van der Waals surface area (Å²) in [6.07, 6.45) is -0.942. The fraction of sp³-hybridized carbons (Fsp3) is 0.176. The lowest BCUT2D eigenvalue weighted by Crippen LogP contribution is -2.30. The van der Waals surface area contributed by atoms with Gasteiger partial charge in [0.05, 0.1) is 5.56 Å². The summed E-state index contributed by atoms with van der Waals surface area (Å²) in [6, 6.07) is 14.7. The van der Waals surface area contributed by atoms with Crippen molar-refractivity contribution in [1.82, 2.24) is 0 Å². The van der Waals surface area contributed by atoms with Gasteiger partial charge in [-0.05, 0) is 48.9 Å². The van der Waals surface area contributed by atoms with Gasteiger partial charge in [0.15, 0.2) is 6.10 Å². The minimum Gasteiger partial charge on any atom is -0.449 e. The van der Waals surface area contributed by atoms with E-state index in [1.165, 1.54) is 6.92 Å². The number of esters is 1. The van der Waals surface area contributed by atoms with Crippen LogP contribution < -0.4 is 5.73 Å². The molecule has 0 aromatic heterocycles. The van der Waals surface area contributed by atoms with Crippen LogP contribution in [0.3, 0.4) is 0 Å². The molecule has 0 aliphatic carbocycles. The number of carbonyl (C=O) groups is 2. The Kier molecular flexibility index (Phi) is 6.07. The van der Waals surface area contributed by atoms with Crippen molar-refractivity contribution in [3.63, 3.8) is 0 Å². The number of amides is 1. The summed E-state index contributed by atoms with van der Waals surface area (Å²) in [7, 11) is 0. The SMILES string of the molecule is C[C@H](OC(=O)c1ccc(CSc2ccc(Cl)cc2)cc1)C(N)=O. The van der Waals surface area contributed by atoms with Crippen molar-refractivity contribution in [2.24, 2.45) is 5.73 Å². The standard InChI is InChI=1S/C17H16ClNO3S/c1-11(16(19)20)22-17(21)13-4-2-12(3-5-13)10-23-15-8-6-14(18)7-9-15/h2-9,11H,10H2,1H3,(H2,19,20)/t11-/m0/s1. The summed E-state index contributed by atoms with van der Waals surface area (Å²) in [5, 5.41) is 0.711. The molecule has 2 aromatic carbocycles. The maximum absolute atomic E-state index is 11.8. The maximum Gasteiger partial charge on any atom is 0.338 e. The lowest BCUT2D eigenvalue weighted by molar-refractivity contribution is -0.125. The van der Waals surface area contributed by atoms with Crippen molar-refractivity contribution >= 4 is 35.2 Å².